The Morgan fingerprint density at radius 1 is 1.25 bits per heavy atom. The van der Waals surface area contributed by atoms with Gasteiger partial charge in [0.25, 0.3) is 0 Å². The van der Waals surface area contributed by atoms with Gasteiger partial charge in [-0.15, -0.1) is 0 Å². The van der Waals surface area contributed by atoms with Gasteiger partial charge >= 0.3 is 0 Å². The molecule has 0 unspecified atom stereocenters. The third-order valence-corrected chi connectivity index (χ3v) is 3.16. The quantitative estimate of drug-likeness (QED) is 0.717. The van der Waals surface area contributed by atoms with Crippen LogP contribution in [0.1, 0.15) is 31.4 Å². The normalized spacial score (nSPS) is 17.0. The lowest BCUT2D eigenvalue weighted by Gasteiger charge is -2.13. The number of nitrogens with zero attached hydrogens (tertiary/aromatic N) is 1. The molecule has 1 aliphatic rings. The van der Waals surface area contributed by atoms with Crippen LogP contribution in [0.2, 0.25) is 0 Å². The maximum Gasteiger partial charge on any atom is 0.117 e. The second-order valence-electron chi connectivity index (χ2n) is 4.51. The summed E-state index contributed by atoms with van der Waals surface area (Å²) in [5.41, 5.74) is 0. The van der Waals surface area contributed by atoms with E-state index < -0.39 is 0 Å². The summed E-state index contributed by atoms with van der Waals surface area (Å²) in [6, 6.07) is 3.95. The molecule has 3 nitrogen and oxygen atoms in total. The van der Waals surface area contributed by atoms with E-state index in [0.717, 1.165) is 18.8 Å². The van der Waals surface area contributed by atoms with Crippen molar-refractivity contribution >= 4 is 0 Å². The van der Waals surface area contributed by atoms with Gasteiger partial charge in [0, 0.05) is 0 Å². The molecule has 1 saturated heterocycles. The summed E-state index contributed by atoms with van der Waals surface area (Å²) >= 11 is 0. The summed E-state index contributed by atoms with van der Waals surface area (Å²) in [6.07, 6.45) is 7.10. The van der Waals surface area contributed by atoms with E-state index in [9.17, 15) is 0 Å². The lowest BCUT2D eigenvalue weighted by molar-refractivity contribution is 0.328. The van der Waals surface area contributed by atoms with E-state index in [1.807, 2.05) is 12.1 Å². The average Bonchev–Trinajstić information content (AvgIpc) is 2.96. The zero-order valence-corrected chi connectivity index (χ0v) is 9.95. The van der Waals surface area contributed by atoms with E-state index in [1.165, 1.54) is 45.3 Å². The summed E-state index contributed by atoms with van der Waals surface area (Å²) in [4.78, 5) is 2.58. The molecule has 1 aromatic rings. The third-order valence-electron chi connectivity index (χ3n) is 3.16. The van der Waals surface area contributed by atoms with E-state index in [2.05, 4.69) is 10.2 Å². The molecule has 1 aromatic heterocycles. The maximum absolute atomic E-state index is 5.25. The minimum Gasteiger partial charge on any atom is -0.468 e. The standard InChI is InChI=1S/C13H22N2O/c1(2-8-15-9-3-4-10-15)7-14-12-13-6-5-11-16-13/h5-6,11,14H,1-4,7-10,12H2. The van der Waals surface area contributed by atoms with Crippen molar-refractivity contribution in [1.82, 2.24) is 10.2 Å². The Balaban J connectivity index is 1.43. The lowest BCUT2D eigenvalue weighted by Crippen LogP contribution is -2.22. The Kier molecular flexibility index (Phi) is 4.90. The first kappa shape index (κ1) is 11.7. The first-order valence-corrected chi connectivity index (χ1v) is 6.40. The van der Waals surface area contributed by atoms with Gasteiger partial charge in [-0.25, -0.2) is 0 Å². The molecule has 16 heavy (non-hydrogen) atoms. The van der Waals surface area contributed by atoms with Gasteiger partial charge < -0.3 is 14.6 Å². The number of hydrogen-bond acceptors (Lipinski definition) is 3. The third kappa shape index (κ3) is 3.99. The van der Waals surface area contributed by atoms with Gasteiger partial charge in [0.2, 0.25) is 0 Å². The van der Waals surface area contributed by atoms with Gasteiger partial charge in [-0.1, -0.05) is 0 Å². The zero-order valence-electron chi connectivity index (χ0n) is 9.95. The number of nitrogens with one attached hydrogen (secondary N) is 1. The predicted molar refractivity (Wildman–Crippen MR) is 65.3 cm³/mol. The zero-order chi connectivity index (χ0) is 11.1. The molecule has 0 atom stereocenters. The fourth-order valence-corrected chi connectivity index (χ4v) is 2.22. The molecule has 2 rings (SSSR count). The Hall–Kier alpha value is -0.800. The molecule has 0 spiro atoms. The lowest BCUT2D eigenvalue weighted by atomic mass is 10.3. The first-order chi connectivity index (χ1) is 7.95. The fraction of sp³-hybridized carbons (Fsp3) is 0.692. The Morgan fingerprint density at radius 2 is 2.12 bits per heavy atom. The smallest absolute Gasteiger partial charge is 0.117 e. The molecule has 0 bridgehead atoms. The van der Waals surface area contributed by atoms with E-state index in [-0.39, 0.29) is 0 Å². The molecule has 90 valence electrons. The number of furan rings is 1. The van der Waals surface area contributed by atoms with Gasteiger partial charge in [0.1, 0.15) is 5.76 Å². The van der Waals surface area contributed by atoms with Crippen molar-refractivity contribution in [3.63, 3.8) is 0 Å². The minimum absolute atomic E-state index is 0.858. The molecule has 0 aromatic carbocycles. The second-order valence-corrected chi connectivity index (χ2v) is 4.51. The van der Waals surface area contributed by atoms with E-state index in [0.29, 0.717) is 0 Å². The summed E-state index contributed by atoms with van der Waals surface area (Å²) < 4.78 is 5.25. The van der Waals surface area contributed by atoms with Crippen molar-refractivity contribution < 1.29 is 4.42 Å². The van der Waals surface area contributed by atoms with Crippen molar-refractivity contribution in [2.24, 2.45) is 0 Å². The van der Waals surface area contributed by atoms with Gasteiger partial charge in [-0.3, -0.25) is 0 Å². The number of likely N-dealkylation sites (tertiary alicyclic amines) is 1. The molecule has 0 radical (unpaired) electrons. The molecular weight excluding hydrogens is 200 g/mol. The van der Waals surface area contributed by atoms with Crippen molar-refractivity contribution in [3.05, 3.63) is 24.2 Å². The van der Waals surface area contributed by atoms with Crippen LogP contribution in [0.3, 0.4) is 0 Å². The second kappa shape index (κ2) is 6.71. The van der Waals surface area contributed by atoms with Crippen LogP contribution in [0.15, 0.2) is 22.8 Å². The van der Waals surface area contributed by atoms with Crippen LogP contribution >= 0.6 is 0 Å². The summed E-state index contributed by atoms with van der Waals surface area (Å²) in [5.74, 6) is 1.03. The summed E-state index contributed by atoms with van der Waals surface area (Å²) in [7, 11) is 0. The van der Waals surface area contributed by atoms with E-state index in [1.54, 1.807) is 6.26 Å². The van der Waals surface area contributed by atoms with Crippen molar-refractivity contribution in [1.29, 1.82) is 0 Å². The van der Waals surface area contributed by atoms with Crippen molar-refractivity contribution in [2.75, 3.05) is 26.2 Å². The van der Waals surface area contributed by atoms with Gasteiger partial charge in [-0.05, 0) is 64.0 Å². The summed E-state index contributed by atoms with van der Waals surface area (Å²) in [5, 5.41) is 3.40. The van der Waals surface area contributed by atoms with Crippen LogP contribution in [0, 0.1) is 0 Å². The Morgan fingerprint density at radius 3 is 2.88 bits per heavy atom. The minimum atomic E-state index is 0.858. The van der Waals surface area contributed by atoms with Crippen LogP contribution in [-0.4, -0.2) is 31.1 Å². The molecule has 0 saturated carbocycles. The highest BCUT2D eigenvalue weighted by atomic mass is 16.3. The van der Waals surface area contributed by atoms with Crippen LogP contribution in [0.5, 0.6) is 0 Å². The molecule has 0 aliphatic carbocycles. The molecular formula is C13H22N2O. The number of rotatable bonds is 7. The largest absolute Gasteiger partial charge is 0.468 e. The molecule has 1 fully saturated rings. The number of unbranched alkanes of at least 4 members (excludes halogenated alkanes) is 1. The molecule has 3 heteroatoms. The fourth-order valence-electron chi connectivity index (χ4n) is 2.22. The van der Waals surface area contributed by atoms with Gasteiger partial charge in [0.05, 0.1) is 12.8 Å². The van der Waals surface area contributed by atoms with E-state index >= 15 is 0 Å². The Bertz CT molecular complexity index is 265. The monoisotopic (exact) mass is 222 g/mol. The van der Waals surface area contributed by atoms with E-state index in [4.69, 9.17) is 4.42 Å². The first-order valence-electron chi connectivity index (χ1n) is 6.40. The SMILES string of the molecule is c1coc(CNCCCCN2CCCC2)c1. The highest BCUT2D eigenvalue weighted by Crippen LogP contribution is 2.08. The van der Waals surface area contributed by atoms with Gasteiger partial charge in [0.15, 0.2) is 0 Å². The van der Waals surface area contributed by atoms with Crippen LogP contribution < -0.4 is 5.32 Å². The van der Waals surface area contributed by atoms with Crippen molar-refractivity contribution in [2.45, 2.75) is 32.2 Å². The maximum atomic E-state index is 5.25. The summed E-state index contributed by atoms with van der Waals surface area (Å²) in [6.45, 7) is 5.87. The molecule has 0 amide bonds. The molecule has 2 heterocycles. The average molecular weight is 222 g/mol. The molecule has 1 aliphatic heterocycles. The van der Waals surface area contributed by atoms with Crippen LogP contribution in [0.25, 0.3) is 0 Å². The van der Waals surface area contributed by atoms with Crippen LogP contribution in [-0.2, 0) is 6.54 Å². The molecule has 1 N–H and O–H groups in total. The predicted octanol–water partition coefficient (Wildman–Crippen LogP) is 2.25. The Labute approximate surface area is 97.8 Å². The van der Waals surface area contributed by atoms with Gasteiger partial charge in [-0.2, -0.15) is 0 Å². The van der Waals surface area contributed by atoms with Crippen molar-refractivity contribution in [3.8, 4) is 0 Å². The number of hydrogen-bond donors (Lipinski definition) is 1. The topological polar surface area (TPSA) is 28.4 Å². The highest BCUT2D eigenvalue weighted by molar-refractivity contribution is 4.97. The highest BCUT2D eigenvalue weighted by Gasteiger charge is 2.09. The van der Waals surface area contributed by atoms with Crippen LogP contribution in [0.4, 0.5) is 0 Å².